The molecule has 0 saturated heterocycles. The van der Waals surface area contributed by atoms with Gasteiger partial charge in [-0.2, -0.15) is 0 Å². The van der Waals surface area contributed by atoms with Crippen LogP contribution in [0.2, 0.25) is 0 Å². The summed E-state index contributed by atoms with van der Waals surface area (Å²) in [5.41, 5.74) is 2.96. The van der Waals surface area contributed by atoms with Crippen molar-refractivity contribution >= 4 is 11.6 Å². The van der Waals surface area contributed by atoms with Gasteiger partial charge < -0.3 is 9.47 Å². The average molecular weight is 388 g/mol. The summed E-state index contributed by atoms with van der Waals surface area (Å²) in [6, 6.07) is 21.7. The van der Waals surface area contributed by atoms with Crippen molar-refractivity contribution in [2.24, 2.45) is 0 Å². The Morgan fingerprint density at radius 3 is 1.93 bits per heavy atom. The first-order chi connectivity index (χ1) is 14.0. The maximum absolute atomic E-state index is 13.3. The lowest BCUT2D eigenvalue weighted by molar-refractivity contribution is 0.0893. The number of Topliss-reactive ketones (excluding diaryl/α,β-unsaturated/α-hetero) is 2. The van der Waals surface area contributed by atoms with Crippen molar-refractivity contribution in [3.05, 3.63) is 95.1 Å². The summed E-state index contributed by atoms with van der Waals surface area (Å²) < 4.78 is 10.4. The SMILES string of the molecule is COc1ccc(C(=O)C(CC(=O)c2cccc(C)c2)c2ccc(OC)cc2)cc1. The maximum Gasteiger partial charge on any atom is 0.170 e. The van der Waals surface area contributed by atoms with Crippen molar-refractivity contribution in [3.8, 4) is 11.5 Å². The van der Waals surface area contributed by atoms with Gasteiger partial charge in [0.2, 0.25) is 0 Å². The normalized spacial score (nSPS) is 11.6. The molecule has 29 heavy (non-hydrogen) atoms. The third-order valence-electron chi connectivity index (χ3n) is 4.94. The Labute approximate surface area is 171 Å². The maximum atomic E-state index is 13.3. The Hall–Kier alpha value is -3.40. The number of ether oxygens (including phenoxy) is 2. The largest absolute Gasteiger partial charge is 0.497 e. The van der Waals surface area contributed by atoms with Gasteiger partial charge in [-0.3, -0.25) is 9.59 Å². The smallest absolute Gasteiger partial charge is 0.170 e. The van der Waals surface area contributed by atoms with E-state index >= 15 is 0 Å². The fourth-order valence-electron chi connectivity index (χ4n) is 3.28. The molecule has 148 valence electrons. The molecule has 0 aliphatic carbocycles. The summed E-state index contributed by atoms with van der Waals surface area (Å²) >= 11 is 0. The quantitative estimate of drug-likeness (QED) is 0.495. The zero-order valence-electron chi connectivity index (χ0n) is 16.8. The van der Waals surface area contributed by atoms with Crippen LogP contribution in [-0.2, 0) is 0 Å². The molecule has 0 aliphatic rings. The molecule has 0 fully saturated rings. The Morgan fingerprint density at radius 1 is 0.793 bits per heavy atom. The molecule has 3 rings (SSSR count). The van der Waals surface area contributed by atoms with Crippen LogP contribution in [-0.4, -0.2) is 25.8 Å². The van der Waals surface area contributed by atoms with Crippen molar-refractivity contribution in [2.75, 3.05) is 14.2 Å². The van der Waals surface area contributed by atoms with Crippen molar-refractivity contribution in [3.63, 3.8) is 0 Å². The van der Waals surface area contributed by atoms with Crippen molar-refractivity contribution in [1.29, 1.82) is 0 Å². The summed E-state index contributed by atoms with van der Waals surface area (Å²) in [5, 5.41) is 0. The number of rotatable bonds is 8. The van der Waals surface area contributed by atoms with Crippen LogP contribution in [0.1, 0.15) is 44.2 Å². The number of hydrogen-bond acceptors (Lipinski definition) is 4. The second-order valence-corrected chi connectivity index (χ2v) is 6.92. The van der Waals surface area contributed by atoms with Gasteiger partial charge in [0.05, 0.1) is 20.1 Å². The van der Waals surface area contributed by atoms with Crippen molar-refractivity contribution in [1.82, 2.24) is 0 Å². The van der Waals surface area contributed by atoms with Crippen LogP contribution in [0.3, 0.4) is 0 Å². The van der Waals surface area contributed by atoms with Gasteiger partial charge in [0.1, 0.15) is 11.5 Å². The molecule has 0 spiro atoms. The van der Waals surface area contributed by atoms with Crippen LogP contribution in [0.5, 0.6) is 11.5 Å². The van der Waals surface area contributed by atoms with E-state index in [4.69, 9.17) is 9.47 Å². The van der Waals surface area contributed by atoms with Crippen LogP contribution >= 0.6 is 0 Å². The fourth-order valence-corrected chi connectivity index (χ4v) is 3.28. The van der Waals surface area contributed by atoms with Gasteiger partial charge in [-0.25, -0.2) is 0 Å². The van der Waals surface area contributed by atoms with Gasteiger partial charge in [-0.05, 0) is 55.0 Å². The molecule has 0 radical (unpaired) electrons. The van der Waals surface area contributed by atoms with E-state index < -0.39 is 5.92 Å². The molecule has 0 amide bonds. The molecule has 0 aromatic heterocycles. The molecule has 3 aromatic carbocycles. The van der Waals surface area contributed by atoms with Crippen molar-refractivity contribution in [2.45, 2.75) is 19.3 Å². The zero-order valence-corrected chi connectivity index (χ0v) is 16.8. The van der Waals surface area contributed by atoms with E-state index in [0.29, 0.717) is 22.6 Å². The minimum atomic E-state index is -0.581. The number of carbonyl (C=O) groups is 2. The fraction of sp³-hybridized carbons (Fsp3) is 0.200. The Balaban J connectivity index is 1.93. The van der Waals surface area contributed by atoms with Gasteiger partial charge in [0.25, 0.3) is 0 Å². The highest BCUT2D eigenvalue weighted by Crippen LogP contribution is 2.28. The van der Waals surface area contributed by atoms with E-state index in [-0.39, 0.29) is 18.0 Å². The summed E-state index contributed by atoms with van der Waals surface area (Å²) in [6.07, 6.45) is 0.0979. The third-order valence-corrected chi connectivity index (χ3v) is 4.94. The predicted octanol–water partition coefficient (Wildman–Crippen LogP) is 5.25. The molecule has 4 heteroatoms. The van der Waals surface area contributed by atoms with Gasteiger partial charge in [0.15, 0.2) is 11.6 Å². The highest BCUT2D eigenvalue weighted by atomic mass is 16.5. The molecule has 0 N–H and O–H groups in total. The minimum Gasteiger partial charge on any atom is -0.497 e. The third kappa shape index (κ3) is 4.91. The number of ketones is 2. The van der Waals surface area contributed by atoms with Gasteiger partial charge in [-0.15, -0.1) is 0 Å². The zero-order chi connectivity index (χ0) is 20.8. The van der Waals surface area contributed by atoms with Crippen LogP contribution in [0.4, 0.5) is 0 Å². The molecule has 0 aliphatic heterocycles. The molecule has 0 heterocycles. The topological polar surface area (TPSA) is 52.6 Å². The monoisotopic (exact) mass is 388 g/mol. The number of aryl methyl sites for hydroxylation is 1. The van der Waals surface area contributed by atoms with Crippen LogP contribution in [0.15, 0.2) is 72.8 Å². The molecular formula is C25H24O4. The summed E-state index contributed by atoms with van der Waals surface area (Å²) in [5.74, 6) is 0.644. The number of benzene rings is 3. The Kier molecular flexibility index (Phi) is 6.45. The predicted molar refractivity (Wildman–Crippen MR) is 113 cm³/mol. The lowest BCUT2D eigenvalue weighted by Gasteiger charge is -2.17. The van der Waals surface area contributed by atoms with Gasteiger partial charge in [-0.1, -0.05) is 35.9 Å². The Bertz CT molecular complexity index is 988. The molecule has 1 atom stereocenters. The highest BCUT2D eigenvalue weighted by Gasteiger charge is 2.26. The van der Waals surface area contributed by atoms with Gasteiger partial charge >= 0.3 is 0 Å². The number of hydrogen-bond donors (Lipinski definition) is 0. The molecule has 4 nitrogen and oxygen atoms in total. The lowest BCUT2D eigenvalue weighted by Crippen LogP contribution is -2.17. The second-order valence-electron chi connectivity index (χ2n) is 6.92. The first kappa shape index (κ1) is 20.3. The first-order valence-electron chi connectivity index (χ1n) is 9.44. The van der Waals surface area contributed by atoms with Crippen molar-refractivity contribution < 1.29 is 19.1 Å². The lowest BCUT2D eigenvalue weighted by atomic mass is 9.85. The van der Waals surface area contributed by atoms with E-state index in [1.165, 1.54) is 0 Å². The highest BCUT2D eigenvalue weighted by molar-refractivity contribution is 6.06. The second kappa shape index (κ2) is 9.20. The van der Waals surface area contributed by atoms with E-state index in [0.717, 1.165) is 11.1 Å². The molecule has 3 aromatic rings. The van der Waals surface area contributed by atoms with E-state index in [2.05, 4.69) is 0 Å². The molecule has 0 saturated carbocycles. The number of carbonyl (C=O) groups excluding carboxylic acids is 2. The van der Waals surface area contributed by atoms with E-state index in [1.54, 1.807) is 56.7 Å². The summed E-state index contributed by atoms with van der Waals surface area (Å²) in [6.45, 7) is 1.94. The average Bonchev–Trinajstić information content (AvgIpc) is 2.77. The van der Waals surface area contributed by atoms with Crippen LogP contribution in [0, 0.1) is 6.92 Å². The van der Waals surface area contributed by atoms with Gasteiger partial charge in [0, 0.05) is 17.5 Å². The standard InChI is InChI=1S/C25H24O4/c1-17-5-4-6-20(15-17)24(26)16-23(18-7-11-21(28-2)12-8-18)25(27)19-9-13-22(29-3)14-10-19/h4-15,23H,16H2,1-3H3. The Morgan fingerprint density at radius 2 is 1.38 bits per heavy atom. The molecular weight excluding hydrogens is 364 g/mol. The van der Waals surface area contributed by atoms with Crippen LogP contribution in [0.25, 0.3) is 0 Å². The van der Waals surface area contributed by atoms with Crippen LogP contribution < -0.4 is 9.47 Å². The number of methoxy groups -OCH3 is 2. The van der Waals surface area contributed by atoms with E-state index in [9.17, 15) is 9.59 Å². The molecule has 0 bridgehead atoms. The summed E-state index contributed by atoms with van der Waals surface area (Å²) in [7, 11) is 3.17. The van der Waals surface area contributed by atoms with E-state index in [1.807, 2.05) is 37.3 Å². The first-order valence-corrected chi connectivity index (χ1v) is 9.44. The minimum absolute atomic E-state index is 0.0589. The summed E-state index contributed by atoms with van der Waals surface area (Å²) in [4.78, 5) is 26.3. The molecule has 1 unspecified atom stereocenters.